The Morgan fingerprint density at radius 1 is 1.18 bits per heavy atom. The fourth-order valence-corrected chi connectivity index (χ4v) is 5.67. The van der Waals surface area contributed by atoms with Gasteiger partial charge < -0.3 is 13.9 Å². The number of ether oxygens (including phenoxy) is 2. The van der Waals surface area contributed by atoms with E-state index in [1.54, 1.807) is 70.4 Å². The number of carbonyl (C=O) groups excluding carboxylic acids is 1. The molecule has 1 atom stereocenters. The van der Waals surface area contributed by atoms with Crippen LogP contribution in [0.1, 0.15) is 36.8 Å². The summed E-state index contributed by atoms with van der Waals surface area (Å²) >= 11 is 1.20. The summed E-state index contributed by atoms with van der Waals surface area (Å²) in [5.74, 6) is 1.10. The number of fused-ring (bicyclic) bond motifs is 1. The summed E-state index contributed by atoms with van der Waals surface area (Å²) in [4.78, 5) is 42.8. The van der Waals surface area contributed by atoms with E-state index < -0.39 is 12.0 Å². The van der Waals surface area contributed by atoms with Crippen molar-refractivity contribution >= 4 is 29.1 Å². The van der Waals surface area contributed by atoms with Gasteiger partial charge >= 0.3 is 11.7 Å². The molecule has 1 unspecified atom stereocenters. The summed E-state index contributed by atoms with van der Waals surface area (Å²) in [6.45, 7) is 5.44. The average molecular weight is 561 g/mol. The number of esters is 1. The Balaban J connectivity index is 1.60. The summed E-state index contributed by atoms with van der Waals surface area (Å²) < 4.78 is 18.5. The molecule has 5 rings (SSSR count). The van der Waals surface area contributed by atoms with E-state index in [4.69, 9.17) is 19.1 Å². The molecular formula is C29H26N3O7S+. The minimum absolute atomic E-state index is 0.109. The van der Waals surface area contributed by atoms with Crippen LogP contribution in [0.4, 0.5) is 5.69 Å². The largest absolute Gasteiger partial charge is 0.497 e. The maximum Gasteiger partial charge on any atom is 0.338 e. The molecule has 0 amide bonds. The molecule has 1 aliphatic heterocycles. The van der Waals surface area contributed by atoms with Crippen LogP contribution >= 0.6 is 11.3 Å². The van der Waals surface area contributed by atoms with E-state index in [1.165, 1.54) is 22.0 Å². The maximum absolute atomic E-state index is 13.8. The van der Waals surface area contributed by atoms with Crippen LogP contribution in [0.2, 0.25) is 0 Å². The Bertz CT molecular complexity index is 1850. The van der Waals surface area contributed by atoms with Crippen LogP contribution in [-0.4, -0.2) is 34.4 Å². The number of allylic oxidation sites excluding steroid dienone is 1. The first-order valence-electron chi connectivity index (χ1n) is 12.4. The molecule has 204 valence electrons. The molecule has 0 spiro atoms. The number of benzene rings is 2. The van der Waals surface area contributed by atoms with Crippen molar-refractivity contribution in [3.05, 3.63) is 107 Å². The smallest absolute Gasteiger partial charge is 0.338 e. The lowest BCUT2D eigenvalue weighted by Crippen LogP contribution is -2.39. The Labute approximate surface area is 232 Å². The molecule has 0 radical (unpaired) electrons. The third kappa shape index (κ3) is 4.87. The zero-order valence-corrected chi connectivity index (χ0v) is 23.0. The number of hydrogen-bond acceptors (Lipinski definition) is 8. The van der Waals surface area contributed by atoms with Gasteiger partial charge in [-0.3, -0.25) is 9.36 Å². The standard InChI is InChI=1S/C29H26N3O7S/c1-5-38-28(34)25-17(3)30-29-31(26(25)18-6-9-20(37-4)10-7-18)27(33)24(40-29)15-21-11-13-23(39-21)22-12-8-19(32(35)36)14-16(22)2/h6-15,26H,5H2,1-4H3,(H,35,36)/q+1/b24-15-. The van der Waals surface area contributed by atoms with Gasteiger partial charge in [0, 0.05) is 23.8 Å². The maximum atomic E-state index is 13.8. The predicted molar refractivity (Wildman–Crippen MR) is 147 cm³/mol. The van der Waals surface area contributed by atoms with Gasteiger partial charge in [-0.1, -0.05) is 23.5 Å². The minimum atomic E-state index is -0.733. The molecule has 4 aromatic rings. The predicted octanol–water partition coefficient (Wildman–Crippen LogP) is 4.17. The van der Waals surface area contributed by atoms with Crippen LogP contribution in [0, 0.1) is 11.8 Å². The van der Waals surface area contributed by atoms with Crippen LogP contribution in [-0.2, 0) is 9.53 Å². The van der Waals surface area contributed by atoms with E-state index in [0.717, 1.165) is 11.1 Å². The normalized spacial score (nSPS) is 15.0. The summed E-state index contributed by atoms with van der Waals surface area (Å²) in [6, 6.07) is 14.7. The summed E-state index contributed by atoms with van der Waals surface area (Å²) in [6.07, 6.45) is 1.64. The minimum Gasteiger partial charge on any atom is -0.497 e. The number of methoxy groups -OCH3 is 1. The van der Waals surface area contributed by atoms with Gasteiger partial charge in [-0.25, -0.2) is 15.0 Å². The first kappa shape index (κ1) is 26.8. The number of aryl methyl sites for hydroxylation is 1. The highest BCUT2D eigenvalue weighted by Crippen LogP contribution is 2.32. The molecule has 3 heterocycles. The number of nitrogens with zero attached hydrogens (tertiary/aromatic N) is 3. The van der Waals surface area contributed by atoms with Crippen LogP contribution in [0.15, 0.2) is 80.1 Å². The molecule has 2 aromatic heterocycles. The third-order valence-electron chi connectivity index (χ3n) is 6.55. The lowest BCUT2D eigenvalue weighted by atomic mass is 9.96. The molecular weight excluding hydrogens is 534 g/mol. The highest BCUT2D eigenvalue weighted by molar-refractivity contribution is 7.07. The molecule has 40 heavy (non-hydrogen) atoms. The van der Waals surface area contributed by atoms with Crippen molar-refractivity contribution in [3.8, 4) is 17.1 Å². The topological polar surface area (TPSA) is 123 Å². The van der Waals surface area contributed by atoms with Crippen LogP contribution < -0.4 is 19.6 Å². The van der Waals surface area contributed by atoms with Crippen molar-refractivity contribution in [1.82, 2.24) is 4.57 Å². The number of furan rings is 1. The lowest BCUT2D eigenvalue weighted by molar-refractivity contribution is -0.729. The lowest BCUT2D eigenvalue weighted by Gasteiger charge is -2.24. The molecule has 11 heteroatoms. The molecule has 0 aliphatic carbocycles. The van der Waals surface area contributed by atoms with Crippen molar-refractivity contribution in [2.45, 2.75) is 26.8 Å². The van der Waals surface area contributed by atoms with E-state index in [9.17, 15) is 14.5 Å². The van der Waals surface area contributed by atoms with Gasteiger partial charge in [-0.2, -0.15) is 0 Å². The van der Waals surface area contributed by atoms with E-state index in [-0.39, 0.29) is 22.8 Å². The van der Waals surface area contributed by atoms with E-state index in [2.05, 4.69) is 4.99 Å². The Morgan fingerprint density at radius 3 is 2.58 bits per heavy atom. The Kier molecular flexibility index (Phi) is 7.22. The number of thiazole rings is 1. The number of hydrogen-bond donors (Lipinski definition) is 1. The number of rotatable bonds is 7. The van der Waals surface area contributed by atoms with Gasteiger partial charge in [0.1, 0.15) is 17.3 Å². The van der Waals surface area contributed by atoms with Crippen LogP contribution in [0.5, 0.6) is 5.75 Å². The molecule has 10 nitrogen and oxygen atoms in total. The quantitative estimate of drug-likeness (QED) is 0.266. The van der Waals surface area contributed by atoms with Crippen molar-refractivity contribution < 1.29 is 28.8 Å². The summed E-state index contributed by atoms with van der Waals surface area (Å²) in [5, 5.41) is 9.16. The average Bonchev–Trinajstić information content (AvgIpc) is 3.52. The first-order chi connectivity index (χ1) is 19.2. The second kappa shape index (κ2) is 10.8. The van der Waals surface area contributed by atoms with Gasteiger partial charge in [0.25, 0.3) is 10.5 Å². The second-order valence-electron chi connectivity index (χ2n) is 9.05. The third-order valence-corrected chi connectivity index (χ3v) is 7.53. The van der Waals surface area contributed by atoms with Gasteiger partial charge in [0.05, 0.1) is 40.5 Å². The fourth-order valence-electron chi connectivity index (χ4n) is 4.64. The van der Waals surface area contributed by atoms with E-state index in [1.807, 2.05) is 12.1 Å². The highest BCUT2D eigenvalue weighted by atomic mass is 32.1. The number of carbonyl (C=O) groups is 1. The van der Waals surface area contributed by atoms with Gasteiger partial charge in [0.2, 0.25) is 0 Å². The number of aromatic nitrogens is 1. The van der Waals surface area contributed by atoms with Gasteiger partial charge in [0.15, 0.2) is 4.80 Å². The van der Waals surface area contributed by atoms with Crippen molar-refractivity contribution in [2.24, 2.45) is 4.99 Å². The van der Waals surface area contributed by atoms with Crippen molar-refractivity contribution in [2.75, 3.05) is 13.7 Å². The van der Waals surface area contributed by atoms with Crippen LogP contribution in [0.3, 0.4) is 0 Å². The van der Waals surface area contributed by atoms with E-state index >= 15 is 0 Å². The van der Waals surface area contributed by atoms with Crippen LogP contribution in [0.25, 0.3) is 17.4 Å². The molecule has 0 saturated heterocycles. The molecule has 0 fully saturated rings. The molecule has 0 bridgehead atoms. The fraction of sp³-hybridized carbons (Fsp3) is 0.207. The van der Waals surface area contributed by atoms with Crippen molar-refractivity contribution in [3.63, 3.8) is 0 Å². The molecule has 1 aliphatic rings. The van der Waals surface area contributed by atoms with Gasteiger partial charge in [-0.05, 0) is 62.2 Å². The highest BCUT2D eigenvalue weighted by Gasteiger charge is 2.33. The zero-order valence-electron chi connectivity index (χ0n) is 22.2. The summed E-state index contributed by atoms with van der Waals surface area (Å²) in [5.41, 5.74) is 2.74. The monoisotopic (exact) mass is 560 g/mol. The molecule has 2 aromatic carbocycles. The van der Waals surface area contributed by atoms with E-state index in [0.29, 0.717) is 43.4 Å². The Hall–Kier alpha value is -4.77. The summed E-state index contributed by atoms with van der Waals surface area (Å²) in [7, 11) is 1.57. The molecule has 0 saturated carbocycles. The SMILES string of the molecule is CCOC(=O)C1=C(C)N=c2s/c(=C\c3ccc(-c4ccc([N+](=O)O)cc4C)o3)c(=O)n2C1c1ccc(OC)cc1. The second-order valence-corrected chi connectivity index (χ2v) is 10.1. The van der Waals surface area contributed by atoms with Crippen molar-refractivity contribution in [1.29, 1.82) is 0 Å². The van der Waals surface area contributed by atoms with Gasteiger partial charge in [-0.15, -0.1) is 0 Å². The zero-order chi connectivity index (χ0) is 28.6. The molecule has 1 N–H and O–H groups in total. The Morgan fingerprint density at radius 2 is 1.93 bits per heavy atom. The first-order valence-corrected chi connectivity index (χ1v) is 13.2.